The van der Waals surface area contributed by atoms with Crippen molar-refractivity contribution in [2.75, 3.05) is 19.5 Å². The molecule has 1 heterocycles. The van der Waals surface area contributed by atoms with Crippen molar-refractivity contribution in [3.8, 4) is 11.5 Å². The van der Waals surface area contributed by atoms with Crippen LogP contribution in [0.25, 0.3) is 0 Å². The normalized spacial score (nSPS) is 10.1. The number of nitrogens with one attached hydrogen (secondary N) is 1. The Morgan fingerprint density at radius 3 is 2.38 bits per heavy atom. The highest BCUT2D eigenvalue weighted by Crippen LogP contribution is 2.35. The first kappa shape index (κ1) is 15.3. The summed E-state index contributed by atoms with van der Waals surface area (Å²) in [6.07, 6.45) is 1.63. The molecule has 1 amide bonds. The SMILES string of the molecule is COc1cc(C(=O)Nc2ncccc2C)cc(OC)c1Br. The Bertz CT molecular complexity index is 649. The van der Waals surface area contributed by atoms with Crippen LogP contribution in [0.1, 0.15) is 15.9 Å². The maximum atomic E-state index is 12.3. The van der Waals surface area contributed by atoms with Crippen molar-refractivity contribution in [1.82, 2.24) is 4.98 Å². The number of hydrogen-bond acceptors (Lipinski definition) is 4. The third kappa shape index (κ3) is 3.33. The molecule has 1 N–H and O–H groups in total. The second-order valence-electron chi connectivity index (χ2n) is 4.32. The fraction of sp³-hybridized carbons (Fsp3) is 0.200. The van der Waals surface area contributed by atoms with Crippen molar-refractivity contribution in [2.24, 2.45) is 0 Å². The van der Waals surface area contributed by atoms with Gasteiger partial charge < -0.3 is 14.8 Å². The Kier molecular flexibility index (Phi) is 4.80. The predicted octanol–water partition coefficient (Wildman–Crippen LogP) is 3.42. The lowest BCUT2D eigenvalue weighted by atomic mass is 10.2. The molecule has 1 aromatic carbocycles. The van der Waals surface area contributed by atoms with Gasteiger partial charge in [0, 0.05) is 11.8 Å². The molecule has 0 radical (unpaired) electrons. The number of carbonyl (C=O) groups excluding carboxylic acids is 1. The highest BCUT2D eigenvalue weighted by Gasteiger charge is 2.15. The van der Waals surface area contributed by atoms with E-state index in [-0.39, 0.29) is 5.91 Å². The lowest BCUT2D eigenvalue weighted by molar-refractivity contribution is 0.102. The summed E-state index contributed by atoms with van der Waals surface area (Å²) in [6.45, 7) is 1.88. The van der Waals surface area contributed by atoms with Crippen LogP contribution in [-0.4, -0.2) is 25.1 Å². The molecule has 0 aliphatic carbocycles. The largest absolute Gasteiger partial charge is 0.495 e. The molecule has 21 heavy (non-hydrogen) atoms. The van der Waals surface area contributed by atoms with Gasteiger partial charge in [-0.2, -0.15) is 0 Å². The molecule has 2 aromatic rings. The van der Waals surface area contributed by atoms with Gasteiger partial charge in [0.25, 0.3) is 5.91 Å². The lowest BCUT2D eigenvalue weighted by Crippen LogP contribution is -2.14. The van der Waals surface area contributed by atoms with Crippen LogP contribution in [0.15, 0.2) is 34.9 Å². The molecule has 0 spiro atoms. The summed E-state index contributed by atoms with van der Waals surface area (Å²) in [5.74, 6) is 1.30. The number of amides is 1. The van der Waals surface area contributed by atoms with E-state index in [0.29, 0.717) is 27.4 Å². The van der Waals surface area contributed by atoms with Gasteiger partial charge in [-0.05, 0) is 46.6 Å². The van der Waals surface area contributed by atoms with Gasteiger partial charge >= 0.3 is 0 Å². The smallest absolute Gasteiger partial charge is 0.257 e. The molecule has 6 heteroatoms. The standard InChI is InChI=1S/C15H15BrN2O3/c1-9-5-4-6-17-14(9)18-15(19)10-7-11(20-2)13(16)12(8-10)21-3/h4-8H,1-3H3,(H,17,18,19). The zero-order chi connectivity index (χ0) is 15.4. The Labute approximate surface area is 131 Å². The first-order valence-corrected chi connectivity index (χ1v) is 7.00. The van der Waals surface area contributed by atoms with E-state index in [2.05, 4.69) is 26.2 Å². The van der Waals surface area contributed by atoms with Crippen LogP contribution in [0.2, 0.25) is 0 Å². The van der Waals surface area contributed by atoms with Crippen LogP contribution in [-0.2, 0) is 0 Å². The Hall–Kier alpha value is -2.08. The number of aryl methyl sites for hydroxylation is 1. The number of methoxy groups -OCH3 is 2. The number of nitrogens with zero attached hydrogens (tertiary/aromatic N) is 1. The van der Waals surface area contributed by atoms with E-state index in [4.69, 9.17) is 9.47 Å². The fourth-order valence-electron chi connectivity index (χ4n) is 1.80. The Balaban J connectivity index is 2.33. The maximum absolute atomic E-state index is 12.3. The van der Waals surface area contributed by atoms with Crippen molar-refractivity contribution >= 4 is 27.7 Å². The summed E-state index contributed by atoms with van der Waals surface area (Å²) in [5.41, 5.74) is 1.32. The van der Waals surface area contributed by atoms with E-state index in [1.165, 1.54) is 14.2 Å². The van der Waals surface area contributed by atoms with E-state index >= 15 is 0 Å². The van der Waals surface area contributed by atoms with Gasteiger partial charge in [0.2, 0.25) is 0 Å². The quantitative estimate of drug-likeness (QED) is 0.917. The molecule has 0 aliphatic rings. The van der Waals surface area contributed by atoms with Crippen molar-refractivity contribution < 1.29 is 14.3 Å². The number of pyridine rings is 1. The van der Waals surface area contributed by atoms with Crippen LogP contribution >= 0.6 is 15.9 Å². The minimum absolute atomic E-state index is 0.277. The molecule has 0 atom stereocenters. The summed E-state index contributed by atoms with van der Waals surface area (Å²) in [7, 11) is 3.06. The van der Waals surface area contributed by atoms with Crippen molar-refractivity contribution in [1.29, 1.82) is 0 Å². The first-order chi connectivity index (χ1) is 10.1. The summed E-state index contributed by atoms with van der Waals surface area (Å²) < 4.78 is 11.1. The van der Waals surface area contributed by atoms with Crippen LogP contribution in [0.4, 0.5) is 5.82 Å². The van der Waals surface area contributed by atoms with Gasteiger partial charge in [0.15, 0.2) is 0 Å². The van der Waals surface area contributed by atoms with Crippen molar-refractivity contribution in [2.45, 2.75) is 6.92 Å². The number of ether oxygens (including phenoxy) is 2. The van der Waals surface area contributed by atoms with E-state index in [9.17, 15) is 4.79 Å². The molecule has 0 bridgehead atoms. The Morgan fingerprint density at radius 1 is 1.24 bits per heavy atom. The van der Waals surface area contributed by atoms with E-state index in [1.807, 2.05) is 19.1 Å². The van der Waals surface area contributed by atoms with Gasteiger partial charge in [0.1, 0.15) is 21.8 Å². The Morgan fingerprint density at radius 2 is 1.86 bits per heavy atom. The highest BCUT2D eigenvalue weighted by atomic mass is 79.9. The average molecular weight is 351 g/mol. The van der Waals surface area contributed by atoms with Crippen LogP contribution in [0, 0.1) is 6.92 Å². The fourth-order valence-corrected chi connectivity index (χ4v) is 2.35. The zero-order valence-corrected chi connectivity index (χ0v) is 13.5. The van der Waals surface area contributed by atoms with Gasteiger partial charge in [-0.3, -0.25) is 4.79 Å². The number of hydrogen-bond donors (Lipinski definition) is 1. The van der Waals surface area contributed by atoms with E-state index < -0.39 is 0 Å². The van der Waals surface area contributed by atoms with Gasteiger partial charge in [-0.1, -0.05) is 6.07 Å². The third-order valence-corrected chi connectivity index (χ3v) is 3.73. The number of benzene rings is 1. The second-order valence-corrected chi connectivity index (χ2v) is 5.11. The van der Waals surface area contributed by atoms with Crippen LogP contribution in [0.3, 0.4) is 0 Å². The van der Waals surface area contributed by atoms with E-state index in [1.54, 1.807) is 18.3 Å². The summed E-state index contributed by atoms with van der Waals surface area (Å²) >= 11 is 3.37. The number of aromatic nitrogens is 1. The topological polar surface area (TPSA) is 60.5 Å². The molecule has 2 rings (SSSR count). The van der Waals surface area contributed by atoms with Crippen molar-refractivity contribution in [3.05, 3.63) is 46.1 Å². The highest BCUT2D eigenvalue weighted by molar-refractivity contribution is 9.10. The van der Waals surface area contributed by atoms with Crippen LogP contribution < -0.4 is 14.8 Å². The lowest BCUT2D eigenvalue weighted by Gasteiger charge is -2.12. The molecule has 5 nitrogen and oxygen atoms in total. The number of carbonyl (C=O) groups is 1. The monoisotopic (exact) mass is 350 g/mol. The average Bonchev–Trinajstić information content (AvgIpc) is 2.49. The maximum Gasteiger partial charge on any atom is 0.257 e. The third-order valence-electron chi connectivity index (χ3n) is 2.95. The summed E-state index contributed by atoms with van der Waals surface area (Å²) in [5, 5.41) is 2.77. The predicted molar refractivity (Wildman–Crippen MR) is 84.2 cm³/mol. The summed E-state index contributed by atoms with van der Waals surface area (Å²) in [6, 6.07) is 6.97. The number of rotatable bonds is 4. The molecule has 110 valence electrons. The first-order valence-electron chi connectivity index (χ1n) is 6.21. The molecule has 0 saturated carbocycles. The van der Waals surface area contributed by atoms with E-state index in [0.717, 1.165) is 5.56 Å². The molecule has 0 unspecified atom stereocenters. The second kappa shape index (κ2) is 6.58. The van der Waals surface area contributed by atoms with Gasteiger partial charge in [-0.15, -0.1) is 0 Å². The molecule has 1 aromatic heterocycles. The van der Waals surface area contributed by atoms with Gasteiger partial charge in [-0.25, -0.2) is 4.98 Å². The zero-order valence-electron chi connectivity index (χ0n) is 11.9. The number of halogens is 1. The molecular weight excluding hydrogens is 336 g/mol. The van der Waals surface area contributed by atoms with Gasteiger partial charge in [0.05, 0.1) is 14.2 Å². The van der Waals surface area contributed by atoms with Crippen molar-refractivity contribution in [3.63, 3.8) is 0 Å². The molecule has 0 fully saturated rings. The van der Waals surface area contributed by atoms with Crippen LogP contribution in [0.5, 0.6) is 11.5 Å². The minimum Gasteiger partial charge on any atom is -0.495 e. The molecule has 0 saturated heterocycles. The summed E-state index contributed by atoms with van der Waals surface area (Å²) in [4.78, 5) is 16.5. The molecule has 0 aliphatic heterocycles. The number of anilines is 1. The minimum atomic E-state index is -0.277. The molecular formula is C15H15BrN2O3.